The minimum absolute atomic E-state index is 0.557. The standard InChI is InChI=1S/C21H40O/c1-4-6-7-8-18-9-11-19(12-10-18)20-13-14-21(17(3)16-20)22-15-5-2/h17-21H,4-16H2,1-3H3/t17-,18?,19?,20?,21-/m1/s1. The molecule has 0 amide bonds. The highest BCUT2D eigenvalue weighted by Crippen LogP contribution is 2.43. The Hall–Kier alpha value is -0.0400. The van der Waals surface area contributed by atoms with Crippen LogP contribution in [0, 0.1) is 23.7 Å². The molecule has 1 heteroatoms. The third-order valence-corrected chi connectivity index (χ3v) is 6.44. The summed E-state index contributed by atoms with van der Waals surface area (Å²) in [6, 6.07) is 0. The molecule has 1 unspecified atom stereocenters. The lowest BCUT2D eigenvalue weighted by atomic mass is 9.68. The molecule has 0 radical (unpaired) electrons. The molecule has 0 aromatic rings. The van der Waals surface area contributed by atoms with Crippen LogP contribution in [0.15, 0.2) is 0 Å². The Morgan fingerprint density at radius 3 is 2.18 bits per heavy atom. The molecular formula is C21H40O. The number of rotatable bonds is 8. The van der Waals surface area contributed by atoms with E-state index in [0.29, 0.717) is 6.10 Å². The molecule has 22 heavy (non-hydrogen) atoms. The van der Waals surface area contributed by atoms with Crippen molar-refractivity contribution in [3.63, 3.8) is 0 Å². The maximum Gasteiger partial charge on any atom is 0.0600 e. The topological polar surface area (TPSA) is 9.23 Å². The van der Waals surface area contributed by atoms with Crippen LogP contribution in [0.4, 0.5) is 0 Å². The molecule has 0 spiro atoms. The second kappa shape index (κ2) is 9.96. The molecule has 0 saturated heterocycles. The maximum absolute atomic E-state index is 6.05. The Morgan fingerprint density at radius 2 is 1.55 bits per heavy atom. The monoisotopic (exact) mass is 308 g/mol. The maximum atomic E-state index is 6.05. The smallest absolute Gasteiger partial charge is 0.0600 e. The molecule has 1 nitrogen and oxygen atoms in total. The molecule has 2 aliphatic rings. The van der Waals surface area contributed by atoms with Gasteiger partial charge < -0.3 is 4.74 Å². The Balaban J connectivity index is 1.67. The largest absolute Gasteiger partial charge is 0.378 e. The van der Waals surface area contributed by atoms with Crippen LogP contribution in [-0.2, 0) is 4.74 Å². The van der Waals surface area contributed by atoms with E-state index in [-0.39, 0.29) is 0 Å². The third-order valence-electron chi connectivity index (χ3n) is 6.44. The summed E-state index contributed by atoms with van der Waals surface area (Å²) in [5.74, 6) is 3.89. The lowest BCUT2D eigenvalue weighted by molar-refractivity contribution is -0.0274. The molecule has 130 valence electrons. The molecule has 0 N–H and O–H groups in total. The van der Waals surface area contributed by atoms with Gasteiger partial charge in [0, 0.05) is 6.61 Å². The van der Waals surface area contributed by atoms with Crippen LogP contribution < -0.4 is 0 Å². The van der Waals surface area contributed by atoms with Gasteiger partial charge in [-0.25, -0.2) is 0 Å². The van der Waals surface area contributed by atoms with Crippen molar-refractivity contribution in [1.29, 1.82) is 0 Å². The first-order valence-electron chi connectivity index (χ1n) is 10.4. The summed E-state index contributed by atoms with van der Waals surface area (Å²) in [7, 11) is 0. The van der Waals surface area contributed by atoms with Gasteiger partial charge in [-0.05, 0) is 62.2 Å². The molecule has 0 aromatic heterocycles. The van der Waals surface area contributed by atoms with Crippen LogP contribution in [0.3, 0.4) is 0 Å². The quantitative estimate of drug-likeness (QED) is 0.459. The summed E-state index contributed by atoms with van der Waals surface area (Å²) in [5.41, 5.74) is 0. The van der Waals surface area contributed by atoms with Gasteiger partial charge in [-0.3, -0.25) is 0 Å². The lowest BCUT2D eigenvalue weighted by Gasteiger charge is -2.40. The molecule has 2 rings (SSSR count). The van der Waals surface area contributed by atoms with E-state index >= 15 is 0 Å². The molecule has 3 atom stereocenters. The van der Waals surface area contributed by atoms with Crippen molar-refractivity contribution in [3.05, 3.63) is 0 Å². The van der Waals surface area contributed by atoms with Gasteiger partial charge in [0.05, 0.1) is 6.10 Å². The van der Waals surface area contributed by atoms with Crippen LogP contribution in [0.2, 0.25) is 0 Å². The van der Waals surface area contributed by atoms with Gasteiger partial charge in [0.25, 0.3) is 0 Å². The average molecular weight is 309 g/mol. The van der Waals surface area contributed by atoms with Gasteiger partial charge >= 0.3 is 0 Å². The first-order chi connectivity index (χ1) is 10.7. The number of ether oxygens (including phenoxy) is 1. The second-order valence-corrected chi connectivity index (χ2v) is 8.24. The Bertz CT molecular complexity index is 280. The fraction of sp³-hybridized carbons (Fsp3) is 1.00. The summed E-state index contributed by atoms with van der Waals surface area (Å²) in [6.45, 7) is 7.93. The number of unbranched alkanes of at least 4 members (excludes halogenated alkanes) is 2. The fourth-order valence-corrected chi connectivity index (χ4v) is 4.99. The third kappa shape index (κ3) is 5.55. The predicted octanol–water partition coefficient (Wildman–Crippen LogP) is 6.60. The number of hydrogen-bond acceptors (Lipinski definition) is 1. The SMILES string of the molecule is CCCCCC1CCC(C2CC[C@@H](OCCC)[C@H](C)C2)CC1. The lowest BCUT2D eigenvalue weighted by Crippen LogP contribution is -2.34. The molecule has 2 saturated carbocycles. The Labute approximate surface area is 139 Å². The van der Waals surface area contributed by atoms with Crippen molar-refractivity contribution in [3.8, 4) is 0 Å². The van der Waals surface area contributed by atoms with Crippen LogP contribution in [0.25, 0.3) is 0 Å². The normalized spacial score (nSPS) is 36.4. The zero-order chi connectivity index (χ0) is 15.8. The van der Waals surface area contributed by atoms with Crippen molar-refractivity contribution in [2.75, 3.05) is 6.61 Å². The van der Waals surface area contributed by atoms with Gasteiger partial charge in [0.15, 0.2) is 0 Å². The van der Waals surface area contributed by atoms with Crippen molar-refractivity contribution < 1.29 is 4.74 Å². The zero-order valence-corrected chi connectivity index (χ0v) is 15.5. The van der Waals surface area contributed by atoms with Crippen molar-refractivity contribution >= 4 is 0 Å². The van der Waals surface area contributed by atoms with E-state index < -0.39 is 0 Å². The zero-order valence-electron chi connectivity index (χ0n) is 15.5. The average Bonchev–Trinajstić information content (AvgIpc) is 2.54. The summed E-state index contributed by atoms with van der Waals surface area (Å²) in [6.07, 6.45) is 17.8. The van der Waals surface area contributed by atoms with E-state index in [1.165, 1.54) is 70.6 Å². The predicted molar refractivity (Wildman–Crippen MR) is 96.1 cm³/mol. The fourth-order valence-electron chi connectivity index (χ4n) is 4.99. The first kappa shape index (κ1) is 18.3. The van der Waals surface area contributed by atoms with E-state index in [1.54, 1.807) is 0 Å². The van der Waals surface area contributed by atoms with Gasteiger partial charge in [-0.1, -0.05) is 59.3 Å². The van der Waals surface area contributed by atoms with Crippen molar-refractivity contribution in [1.82, 2.24) is 0 Å². The highest BCUT2D eigenvalue weighted by molar-refractivity contribution is 4.85. The van der Waals surface area contributed by atoms with Crippen molar-refractivity contribution in [2.45, 2.75) is 104 Å². The van der Waals surface area contributed by atoms with Crippen LogP contribution in [-0.4, -0.2) is 12.7 Å². The molecule has 0 bridgehead atoms. The second-order valence-electron chi connectivity index (χ2n) is 8.24. The molecule has 2 fully saturated rings. The first-order valence-corrected chi connectivity index (χ1v) is 10.4. The number of hydrogen-bond donors (Lipinski definition) is 0. The molecule has 0 aromatic carbocycles. The summed E-state index contributed by atoms with van der Waals surface area (Å²) >= 11 is 0. The minimum atomic E-state index is 0.557. The van der Waals surface area contributed by atoms with Gasteiger partial charge in [0.1, 0.15) is 0 Å². The summed E-state index contributed by atoms with van der Waals surface area (Å²) < 4.78 is 6.05. The van der Waals surface area contributed by atoms with E-state index in [9.17, 15) is 0 Å². The van der Waals surface area contributed by atoms with Crippen molar-refractivity contribution in [2.24, 2.45) is 23.7 Å². The molecular weight excluding hydrogens is 268 g/mol. The van der Waals surface area contributed by atoms with Gasteiger partial charge in [0.2, 0.25) is 0 Å². The summed E-state index contributed by atoms with van der Waals surface area (Å²) in [5, 5.41) is 0. The summed E-state index contributed by atoms with van der Waals surface area (Å²) in [4.78, 5) is 0. The van der Waals surface area contributed by atoms with Crippen LogP contribution in [0.5, 0.6) is 0 Å². The minimum Gasteiger partial charge on any atom is -0.378 e. The van der Waals surface area contributed by atoms with Crippen LogP contribution in [0.1, 0.15) is 97.8 Å². The molecule has 0 aliphatic heterocycles. The van der Waals surface area contributed by atoms with E-state index in [0.717, 1.165) is 36.7 Å². The van der Waals surface area contributed by atoms with Gasteiger partial charge in [-0.2, -0.15) is 0 Å². The van der Waals surface area contributed by atoms with Crippen LogP contribution >= 0.6 is 0 Å². The van der Waals surface area contributed by atoms with Gasteiger partial charge in [-0.15, -0.1) is 0 Å². The molecule has 0 heterocycles. The highest BCUT2D eigenvalue weighted by Gasteiger charge is 2.34. The highest BCUT2D eigenvalue weighted by atomic mass is 16.5. The Morgan fingerprint density at radius 1 is 0.818 bits per heavy atom. The Kier molecular flexibility index (Phi) is 8.28. The van der Waals surface area contributed by atoms with E-state index in [2.05, 4.69) is 20.8 Å². The van der Waals surface area contributed by atoms with E-state index in [4.69, 9.17) is 4.74 Å². The molecule has 2 aliphatic carbocycles. The van der Waals surface area contributed by atoms with E-state index in [1.807, 2.05) is 0 Å².